The second kappa shape index (κ2) is 20.4. The van der Waals surface area contributed by atoms with Gasteiger partial charge < -0.3 is 49.6 Å². The number of hydrogen-bond donors (Lipinski definition) is 3. The van der Waals surface area contributed by atoms with Gasteiger partial charge in [-0.2, -0.15) is 9.97 Å². The van der Waals surface area contributed by atoms with Crippen LogP contribution in [0.25, 0.3) is 22.3 Å². The molecule has 0 saturated carbocycles. The van der Waals surface area contributed by atoms with Crippen LogP contribution in [0.1, 0.15) is 43.5 Å². The van der Waals surface area contributed by atoms with Crippen LogP contribution in [0.3, 0.4) is 0 Å². The van der Waals surface area contributed by atoms with E-state index in [-0.39, 0.29) is 40.0 Å². The highest BCUT2D eigenvalue weighted by atomic mass is 35.5. The molecule has 4 saturated heterocycles. The summed E-state index contributed by atoms with van der Waals surface area (Å²) in [6.07, 6.45) is -6.99. The number of ether oxygens (including phenoxy) is 4. The molecule has 0 radical (unpaired) electrons. The van der Waals surface area contributed by atoms with Gasteiger partial charge in [0.25, 0.3) is 11.8 Å². The molecule has 4 aliphatic heterocycles. The van der Waals surface area contributed by atoms with Gasteiger partial charge in [-0.1, -0.05) is 23.2 Å². The molecule has 390 valence electrons. The van der Waals surface area contributed by atoms with Crippen molar-refractivity contribution in [1.82, 2.24) is 50.1 Å². The quantitative estimate of drug-likeness (QED) is 0.0939. The summed E-state index contributed by atoms with van der Waals surface area (Å²) in [6, 6.07) is 6.04. The van der Waals surface area contributed by atoms with Gasteiger partial charge >= 0.3 is 12.7 Å². The number of aromatic nitrogens is 8. The monoisotopic (exact) mass is 1070 g/mol. The normalized spacial score (nSPS) is 19.2. The maximum Gasteiger partial charge on any atom is 0.573 e. The SMILES string of the molecule is Cc1nc(N2CCC(N3CCCC3)CC2)nc2ncc(NC(=O)C(Oc3ccc(OC(F)(F)F)cc3Cl)C(Oc3ccc(OC(F)(F)F)cc3Cl)C(=O)Nc3cnc4nc(N5CC6CC5CN6)nc(C)c4n3)nc12. The number of rotatable bonds is 14. The Bertz CT molecular complexity index is 3110. The summed E-state index contributed by atoms with van der Waals surface area (Å²) in [5.74, 6) is -4.23. The average molecular weight is 1070 g/mol. The summed E-state index contributed by atoms with van der Waals surface area (Å²) in [6.45, 7) is 8.54. The van der Waals surface area contributed by atoms with E-state index in [1.165, 1.54) is 25.2 Å². The second-order valence-electron chi connectivity index (χ2n) is 18.0. The van der Waals surface area contributed by atoms with E-state index in [0.717, 1.165) is 88.4 Å². The summed E-state index contributed by atoms with van der Waals surface area (Å²) >= 11 is 12.8. The largest absolute Gasteiger partial charge is 0.573 e. The first-order chi connectivity index (χ1) is 35.3. The van der Waals surface area contributed by atoms with Gasteiger partial charge in [-0.15, -0.1) is 26.3 Å². The third kappa shape index (κ3) is 11.4. The molecule has 4 atom stereocenters. The molecule has 4 unspecified atom stereocenters. The first-order valence-corrected chi connectivity index (χ1v) is 24.1. The maximum absolute atomic E-state index is 14.7. The number of benzene rings is 2. The van der Waals surface area contributed by atoms with Crippen molar-refractivity contribution < 1.29 is 54.9 Å². The number of piperidine rings is 1. The third-order valence-electron chi connectivity index (χ3n) is 12.9. The Morgan fingerprint density at radius 2 is 1.19 bits per heavy atom. The molecular weight excluding hydrogens is 1030 g/mol. The average Bonchev–Trinajstić information content (AvgIpc) is 4.15. The van der Waals surface area contributed by atoms with Gasteiger partial charge in [-0.25, -0.2) is 29.9 Å². The lowest BCUT2D eigenvalue weighted by molar-refractivity contribution is -0.275. The first kappa shape index (κ1) is 50.6. The summed E-state index contributed by atoms with van der Waals surface area (Å²) < 4.78 is 99.3. The molecule has 6 aromatic rings. The number of alkyl halides is 6. The molecular formula is C46H44Cl2F6N14O6. The minimum atomic E-state index is -5.11. The number of amides is 2. The molecule has 2 bridgehead atoms. The smallest absolute Gasteiger partial charge is 0.474 e. The highest BCUT2D eigenvalue weighted by Crippen LogP contribution is 2.37. The second-order valence-corrected chi connectivity index (χ2v) is 18.8. The minimum absolute atomic E-state index is 0.193. The van der Waals surface area contributed by atoms with Crippen molar-refractivity contribution in [2.24, 2.45) is 0 Å². The number of fused-ring (bicyclic) bond motifs is 4. The zero-order valence-electron chi connectivity index (χ0n) is 39.2. The highest BCUT2D eigenvalue weighted by molar-refractivity contribution is 6.32. The van der Waals surface area contributed by atoms with Crippen LogP contribution in [0.5, 0.6) is 23.0 Å². The number of nitrogens with one attached hydrogen (secondary N) is 3. The molecule has 4 fully saturated rings. The van der Waals surface area contributed by atoms with Crippen LogP contribution in [0.2, 0.25) is 10.0 Å². The number of carbonyl (C=O) groups excluding carboxylic acids is 2. The van der Waals surface area contributed by atoms with Crippen LogP contribution in [0.15, 0.2) is 48.8 Å². The Hall–Kier alpha value is -6.90. The fourth-order valence-corrected chi connectivity index (χ4v) is 9.95. The van der Waals surface area contributed by atoms with Crippen molar-refractivity contribution in [3.8, 4) is 23.0 Å². The number of hydrogen-bond acceptors (Lipinski definition) is 18. The van der Waals surface area contributed by atoms with Crippen LogP contribution in [-0.2, 0) is 9.59 Å². The van der Waals surface area contributed by atoms with E-state index in [1.807, 2.05) is 0 Å². The molecule has 4 aromatic heterocycles. The fraction of sp³-hybridized carbons (Fsp3) is 0.435. The molecule has 4 aliphatic rings. The van der Waals surface area contributed by atoms with Gasteiger partial charge in [0, 0.05) is 56.4 Å². The molecule has 2 amide bonds. The van der Waals surface area contributed by atoms with Gasteiger partial charge in [-0.05, 0) is 83.3 Å². The van der Waals surface area contributed by atoms with Crippen molar-refractivity contribution in [1.29, 1.82) is 0 Å². The first-order valence-electron chi connectivity index (χ1n) is 23.4. The van der Waals surface area contributed by atoms with Gasteiger partial charge in [0.1, 0.15) is 34.0 Å². The van der Waals surface area contributed by atoms with Crippen molar-refractivity contribution in [3.05, 3.63) is 70.2 Å². The Morgan fingerprint density at radius 1 is 0.689 bits per heavy atom. The van der Waals surface area contributed by atoms with Crippen LogP contribution in [0, 0.1) is 13.8 Å². The van der Waals surface area contributed by atoms with Gasteiger partial charge in [0.05, 0.1) is 33.8 Å². The predicted molar refractivity (Wildman–Crippen MR) is 256 cm³/mol. The van der Waals surface area contributed by atoms with Crippen LogP contribution in [-0.4, -0.2) is 139 Å². The summed E-state index contributed by atoms with van der Waals surface area (Å²) in [4.78, 5) is 72.8. The lowest BCUT2D eigenvalue weighted by Gasteiger charge is -2.36. The lowest BCUT2D eigenvalue weighted by Crippen LogP contribution is -2.52. The number of anilines is 4. The van der Waals surface area contributed by atoms with E-state index in [0.29, 0.717) is 41.9 Å². The van der Waals surface area contributed by atoms with E-state index in [1.54, 1.807) is 13.8 Å². The lowest BCUT2D eigenvalue weighted by atomic mass is 10.0. The minimum Gasteiger partial charge on any atom is -0.474 e. The zero-order valence-corrected chi connectivity index (χ0v) is 40.7. The molecule has 0 spiro atoms. The van der Waals surface area contributed by atoms with Gasteiger partial charge in [-0.3, -0.25) is 9.59 Å². The summed E-state index contributed by atoms with van der Waals surface area (Å²) in [7, 11) is 0. The molecule has 74 heavy (non-hydrogen) atoms. The number of halogens is 8. The van der Waals surface area contributed by atoms with E-state index < -0.39 is 69.8 Å². The topological polar surface area (TPSA) is 220 Å². The summed E-state index contributed by atoms with van der Waals surface area (Å²) in [5, 5.41) is 7.47. The summed E-state index contributed by atoms with van der Waals surface area (Å²) in [5.41, 5.74) is 1.69. The van der Waals surface area contributed by atoms with Crippen LogP contribution < -0.4 is 44.7 Å². The number of nitrogens with zero attached hydrogens (tertiary/aromatic N) is 11. The standard InChI is InChI=1S/C46H44Cl2F6N14O6/c1-22-35-39(64-43(58-22)67-13-9-25(10-14-67)66-11-3-4-12-66)56-19-33(60-35)62-41(69)37(71-31-7-5-27(16-29(31)47)73-45(49,50)51)38(72-32-8-6-28(17-30(32)48)74-46(52,53)54)42(70)63-34-20-57-40-36(61-34)23(2)59-44(65-40)68-21-24-15-26(68)18-55-24/h5-8,16-17,19-20,24-26,37-38,55H,3-4,9-15,18,21H2,1-2H3,(H,60,62,69)(H,61,63,70). The Morgan fingerprint density at radius 3 is 1.65 bits per heavy atom. The number of aryl methyl sites for hydroxylation is 2. The van der Waals surface area contributed by atoms with Crippen LogP contribution >= 0.6 is 23.2 Å². The van der Waals surface area contributed by atoms with E-state index in [9.17, 15) is 35.9 Å². The number of likely N-dealkylation sites (tertiary alicyclic amines) is 1. The van der Waals surface area contributed by atoms with Crippen molar-refractivity contribution in [3.63, 3.8) is 0 Å². The Kier molecular flexibility index (Phi) is 14.0. The number of piperazine rings is 1. The van der Waals surface area contributed by atoms with E-state index in [2.05, 4.69) is 75.0 Å². The van der Waals surface area contributed by atoms with E-state index >= 15 is 0 Å². The van der Waals surface area contributed by atoms with Crippen molar-refractivity contribution in [2.45, 2.75) is 89.0 Å². The van der Waals surface area contributed by atoms with Crippen molar-refractivity contribution in [2.75, 3.05) is 59.7 Å². The predicted octanol–water partition coefficient (Wildman–Crippen LogP) is 6.96. The zero-order chi connectivity index (χ0) is 52.1. The molecule has 3 N–H and O–H groups in total. The fourth-order valence-electron chi connectivity index (χ4n) is 9.52. The number of carbonyl (C=O) groups is 2. The Balaban J connectivity index is 0.972. The maximum atomic E-state index is 14.7. The molecule has 0 aliphatic carbocycles. The molecule has 2 aromatic carbocycles. The molecule has 20 nitrogen and oxygen atoms in total. The highest BCUT2D eigenvalue weighted by Gasteiger charge is 2.42. The van der Waals surface area contributed by atoms with E-state index in [4.69, 9.17) is 37.7 Å². The Labute approximate surface area is 426 Å². The molecule has 8 heterocycles. The third-order valence-corrected chi connectivity index (χ3v) is 13.5. The van der Waals surface area contributed by atoms with Crippen LogP contribution in [0.4, 0.5) is 49.9 Å². The molecule has 28 heteroatoms. The van der Waals surface area contributed by atoms with Crippen molar-refractivity contribution >= 4 is 80.9 Å². The van der Waals surface area contributed by atoms with Gasteiger partial charge in [0.2, 0.25) is 24.1 Å². The van der Waals surface area contributed by atoms with Gasteiger partial charge in [0.15, 0.2) is 22.9 Å². The molecule has 10 rings (SSSR count).